The van der Waals surface area contributed by atoms with E-state index in [4.69, 9.17) is 0 Å². The van der Waals surface area contributed by atoms with Gasteiger partial charge in [-0.15, -0.1) is 0 Å². The topological polar surface area (TPSA) is 78.4 Å². The second-order valence-electron chi connectivity index (χ2n) is 4.75. The van der Waals surface area contributed by atoms with Gasteiger partial charge in [-0.1, -0.05) is 42.5 Å². The summed E-state index contributed by atoms with van der Waals surface area (Å²) in [7, 11) is 0. The lowest BCUT2D eigenvalue weighted by Crippen LogP contribution is -2.36. The third-order valence-electron chi connectivity index (χ3n) is 3.21. The maximum atomic E-state index is 11.8. The Morgan fingerprint density at radius 2 is 1.50 bits per heavy atom. The van der Waals surface area contributed by atoms with Gasteiger partial charge < -0.3 is 15.7 Å². The monoisotopic (exact) mass is 298 g/mol. The fourth-order valence-corrected chi connectivity index (χ4v) is 1.99. The van der Waals surface area contributed by atoms with Crippen LogP contribution in [0.1, 0.15) is 21.5 Å². The first kappa shape index (κ1) is 15.7. The SMILES string of the molecule is O=C(CNC(=O)c1ccccc1)NCc1ccccc1CO. The molecule has 5 nitrogen and oxygen atoms in total. The molecule has 0 aliphatic carbocycles. The highest BCUT2D eigenvalue weighted by Gasteiger charge is 2.08. The maximum absolute atomic E-state index is 11.8. The molecule has 0 aliphatic heterocycles. The molecular weight excluding hydrogens is 280 g/mol. The molecule has 0 radical (unpaired) electrons. The first-order valence-electron chi connectivity index (χ1n) is 6.98. The molecule has 0 heterocycles. The number of carbonyl (C=O) groups is 2. The standard InChI is InChI=1S/C17H18N2O3/c20-12-15-9-5-4-8-14(15)10-18-16(21)11-19-17(22)13-6-2-1-3-7-13/h1-9,20H,10-12H2,(H,18,21)(H,19,22). The van der Waals surface area contributed by atoms with E-state index in [2.05, 4.69) is 10.6 Å². The predicted octanol–water partition coefficient (Wildman–Crippen LogP) is 1.23. The highest BCUT2D eigenvalue weighted by molar-refractivity contribution is 5.96. The van der Waals surface area contributed by atoms with Gasteiger partial charge in [0.15, 0.2) is 0 Å². The number of aliphatic hydroxyl groups excluding tert-OH is 1. The molecule has 0 spiro atoms. The zero-order chi connectivity index (χ0) is 15.8. The summed E-state index contributed by atoms with van der Waals surface area (Å²) in [5.74, 6) is -0.566. The number of rotatable bonds is 6. The third-order valence-corrected chi connectivity index (χ3v) is 3.21. The minimum Gasteiger partial charge on any atom is -0.392 e. The molecule has 5 heteroatoms. The highest BCUT2D eigenvalue weighted by Crippen LogP contribution is 2.07. The van der Waals surface area contributed by atoms with Gasteiger partial charge in [0.05, 0.1) is 13.2 Å². The molecule has 0 saturated heterocycles. The van der Waals surface area contributed by atoms with E-state index in [0.717, 1.165) is 11.1 Å². The third kappa shape index (κ3) is 4.43. The summed E-state index contributed by atoms with van der Waals surface area (Å²) in [4.78, 5) is 23.6. The Kier molecular flexibility index (Phi) is 5.68. The summed E-state index contributed by atoms with van der Waals surface area (Å²) >= 11 is 0. The Bertz CT molecular complexity index is 641. The van der Waals surface area contributed by atoms with Crippen LogP contribution in [0.25, 0.3) is 0 Å². The number of benzene rings is 2. The predicted molar refractivity (Wildman–Crippen MR) is 83.0 cm³/mol. The zero-order valence-electron chi connectivity index (χ0n) is 12.1. The van der Waals surface area contributed by atoms with E-state index >= 15 is 0 Å². The van der Waals surface area contributed by atoms with Gasteiger partial charge in [0.25, 0.3) is 5.91 Å². The van der Waals surface area contributed by atoms with Crippen LogP contribution in [-0.4, -0.2) is 23.5 Å². The average Bonchev–Trinajstić information content (AvgIpc) is 2.58. The van der Waals surface area contributed by atoms with Gasteiger partial charge in [-0.3, -0.25) is 9.59 Å². The number of aliphatic hydroxyl groups is 1. The van der Waals surface area contributed by atoms with Crippen LogP contribution in [-0.2, 0) is 17.9 Å². The van der Waals surface area contributed by atoms with Gasteiger partial charge in [0.2, 0.25) is 5.91 Å². The van der Waals surface area contributed by atoms with E-state index < -0.39 is 0 Å². The van der Waals surface area contributed by atoms with Crippen LogP contribution in [0, 0.1) is 0 Å². The van der Waals surface area contributed by atoms with Crippen molar-refractivity contribution in [2.75, 3.05) is 6.54 Å². The lowest BCUT2D eigenvalue weighted by atomic mass is 10.1. The van der Waals surface area contributed by atoms with Crippen LogP contribution < -0.4 is 10.6 Å². The van der Waals surface area contributed by atoms with Crippen molar-refractivity contribution < 1.29 is 14.7 Å². The lowest BCUT2D eigenvalue weighted by Gasteiger charge is -2.09. The van der Waals surface area contributed by atoms with Gasteiger partial charge in [-0.05, 0) is 23.3 Å². The van der Waals surface area contributed by atoms with Crippen molar-refractivity contribution in [3.05, 3.63) is 71.3 Å². The number of nitrogens with one attached hydrogen (secondary N) is 2. The smallest absolute Gasteiger partial charge is 0.251 e. The van der Waals surface area contributed by atoms with E-state index in [1.54, 1.807) is 30.3 Å². The Morgan fingerprint density at radius 1 is 0.864 bits per heavy atom. The van der Waals surface area contributed by atoms with E-state index in [9.17, 15) is 14.7 Å². The minimum atomic E-state index is -0.286. The largest absolute Gasteiger partial charge is 0.392 e. The molecule has 2 rings (SSSR count). The van der Waals surface area contributed by atoms with Crippen molar-refractivity contribution in [2.45, 2.75) is 13.2 Å². The van der Waals surface area contributed by atoms with E-state index in [-0.39, 0.29) is 25.0 Å². The highest BCUT2D eigenvalue weighted by atomic mass is 16.3. The molecule has 22 heavy (non-hydrogen) atoms. The summed E-state index contributed by atoms with van der Waals surface area (Å²) in [6.07, 6.45) is 0. The van der Waals surface area contributed by atoms with E-state index in [0.29, 0.717) is 12.1 Å². The van der Waals surface area contributed by atoms with Gasteiger partial charge in [-0.25, -0.2) is 0 Å². The Hall–Kier alpha value is -2.66. The summed E-state index contributed by atoms with van der Waals surface area (Å²) in [6, 6.07) is 16.0. The lowest BCUT2D eigenvalue weighted by molar-refractivity contribution is -0.120. The average molecular weight is 298 g/mol. The Balaban J connectivity index is 1.80. The van der Waals surface area contributed by atoms with Crippen molar-refractivity contribution in [3.8, 4) is 0 Å². The number of hydrogen-bond donors (Lipinski definition) is 3. The molecule has 0 bridgehead atoms. The Morgan fingerprint density at radius 3 is 2.18 bits per heavy atom. The van der Waals surface area contributed by atoms with Crippen LogP contribution >= 0.6 is 0 Å². The van der Waals surface area contributed by atoms with Crippen molar-refractivity contribution in [1.82, 2.24) is 10.6 Å². The van der Waals surface area contributed by atoms with E-state index in [1.165, 1.54) is 0 Å². The molecule has 3 N–H and O–H groups in total. The molecule has 2 amide bonds. The normalized spacial score (nSPS) is 10.0. The van der Waals surface area contributed by atoms with Crippen LogP contribution in [0.2, 0.25) is 0 Å². The van der Waals surface area contributed by atoms with Crippen molar-refractivity contribution in [3.63, 3.8) is 0 Å². The molecule has 2 aromatic rings. The van der Waals surface area contributed by atoms with Crippen molar-refractivity contribution in [1.29, 1.82) is 0 Å². The molecule has 0 unspecified atom stereocenters. The number of carbonyl (C=O) groups excluding carboxylic acids is 2. The molecule has 0 fully saturated rings. The fourth-order valence-electron chi connectivity index (χ4n) is 1.99. The molecule has 0 aliphatic rings. The summed E-state index contributed by atoms with van der Waals surface area (Å²) in [6.45, 7) is 0.155. The van der Waals surface area contributed by atoms with Crippen LogP contribution in [0.4, 0.5) is 0 Å². The van der Waals surface area contributed by atoms with Gasteiger partial charge >= 0.3 is 0 Å². The quantitative estimate of drug-likeness (QED) is 0.750. The Labute approximate surface area is 129 Å². The first-order valence-corrected chi connectivity index (χ1v) is 6.98. The van der Waals surface area contributed by atoms with Crippen molar-refractivity contribution >= 4 is 11.8 Å². The van der Waals surface area contributed by atoms with Gasteiger partial charge in [0.1, 0.15) is 0 Å². The first-order chi connectivity index (χ1) is 10.7. The molecular formula is C17H18N2O3. The maximum Gasteiger partial charge on any atom is 0.251 e. The van der Waals surface area contributed by atoms with Crippen LogP contribution in [0.3, 0.4) is 0 Å². The van der Waals surface area contributed by atoms with Crippen molar-refractivity contribution in [2.24, 2.45) is 0 Å². The molecule has 0 aromatic heterocycles. The van der Waals surface area contributed by atoms with Crippen LogP contribution in [0.15, 0.2) is 54.6 Å². The minimum absolute atomic E-state index is 0.0726. The van der Waals surface area contributed by atoms with Gasteiger partial charge in [0, 0.05) is 12.1 Å². The molecule has 0 saturated carbocycles. The summed E-state index contributed by atoms with van der Waals surface area (Å²) in [5, 5.41) is 14.5. The number of amides is 2. The molecule has 114 valence electrons. The summed E-state index contributed by atoms with van der Waals surface area (Å²) in [5.41, 5.74) is 2.14. The number of hydrogen-bond acceptors (Lipinski definition) is 3. The second kappa shape index (κ2) is 7.95. The second-order valence-corrected chi connectivity index (χ2v) is 4.75. The van der Waals surface area contributed by atoms with Crippen LogP contribution in [0.5, 0.6) is 0 Å². The fraction of sp³-hybridized carbons (Fsp3) is 0.176. The van der Waals surface area contributed by atoms with Gasteiger partial charge in [-0.2, -0.15) is 0 Å². The summed E-state index contributed by atoms with van der Waals surface area (Å²) < 4.78 is 0. The zero-order valence-corrected chi connectivity index (χ0v) is 12.1. The molecule has 0 atom stereocenters. The molecule has 2 aromatic carbocycles. The van der Waals surface area contributed by atoms with E-state index in [1.807, 2.05) is 24.3 Å².